The Morgan fingerprint density at radius 1 is 1.29 bits per heavy atom. The van der Waals surface area contributed by atoms with E-state index >= 15 is 0 Å². The van der Waals surface area contributed by atoms with Crippen LogP contribution in [0.1, 0.15) is 40.0 Å². The van der Waals surface area contributed by atoms with Gasteiger partial charge < -0.3 is 15.8 Å². The van der Waals surface area contributed by atoms with E-state index in [-0.39, 0.29) is 5.54 Å². The number of nitrogens with one attached hydrogen (secondary N) is 1. The van der Waals surface area contributed by atoms with Crippen LogP contribution in [0.4, 0.5) is 0 Å². The first-order valence-corrected chi connectivity index (χ1v) is 9.56. The summed E-state index contributed by atoms with van der Waals surface area (Å²) in [5.74, 6) is 1.37. The number of hydrogen-bond donors (Lipinski definition) is 2. The lowest BCUT2D eigenvalue weighted by atomic mass is 9.94. The maximum Gasteiger partial charge on any atom is 0.188 e. The molecular formula is C18H37N5O. The second-order valence-corrected chi connectivity index (χ2v) is 7.94. The van der Waals surface area contributed by atoms with Crippen LogP contribution < -0.4 is 11.1 Å². The Morgan fingerprint density at radius 2 is 2.04 bits per heavy atom. The van der Waals surface area contributed by atoms with Crippen molar-refractivity contribution in [3.8, 4) is 0 Å². The summed E-state index contributed by atoms with van der Waals surface area (Å²) < 4.78 is 5.36. The number of nitrogens with two attached hydrogens (primary N) is 1. The van der Waals surface area contributed by atoms with E-state index in [1.165, 1.54) is 25.9 Å². The summed E-state index contributed by atoms with van der Waals surface area (Å²) in [6.07, 6.45) is 3.73. The molecule has 2 saturated heterocycles. The summed E-state index contributed by atoms with van der Waals surface area (Å²) in [5.41, 5.74) is 6.12. The molecule has 1 unspecified atom stereocenters. The molecule has 2 heterocycles. The van der Waals surface area contributed by atoms with Crippen LogP contribution in [-0.4, -0.2) is 80.3 Å². The van der Waals surface area contributed by atoms with Crippen LogP contribution in [0.25, 0.3) is 0 Å². The molecule has 0 radical (unpaired) electrons. The Hall–Kier alpha value is -0.850. The molecule has 140 valence electrons. The number of rotatable bonds is 7. The Balaban J connectivity index is 1.64. The van der Waals surface area contributed by atoms with Gasteiger partial charge in [0.15, 0.2) is 5.96 Å². The number of hydrogen-bond acceptors (Lipinski definition) is 4. The summed E-state index contributed by atoms with van der Waals surface area (Å²) in [5, 5.41) is 3.26. The van der Waals surface area contributed by atoms with Gasteiger partial charge in [-0.3, -0.25) is 14.8 Å². The molecule has 1 atom stereocenters. The van der Waals surface area contributed by atoms with Crippen LogP contribution in [0.2, 0.25) is 0 Å². The summed E-state index contributed by atoms with van der Waals surface area (Å²) in [6, 6.07) is 0. The topological polar surface area (TPSA) is 66.1 Å². The highest BCUT2D eigenvalue weighted by molar-refractivity contribution is 5.77. The number of ether oxygens (including phenoxy) is 1. The Bertz CT molecular complexity index is 393. The Morgan fingerprint density at radius 3 is 2.75 bits per heavy atom. The molecule has 0 spiro atoms. The molecule has 24 heavy (non-hydrogen) atoms. The molecule has 0 saturated carbocycles. The van der Waals surface area contributed by atoms with Crippen LogP contribution in [0.3, 0.4) is 0 Å². The van der Waals surface area contributed by atoms with Gasteiger partial charge in [-0.25, -0.2) is 0 Å². The van der Waals surface area contributed by atoms with E-state index in [0.717, 1.165) is 58.3 Å². The third-order valence-electron chi connectivity index (χ3n) is 5.21. The van der Waals surface area contributed by atoms with Crippen LogP contribution in [0, 0.1) is 5.92 Å². The summed E-state index contributed by atoms with van der Waals surface area (Å²) in [7, 11) is 0. The van der Waals surface area contributed by atoms with Crippen molar-refractivity contribution in [3.05, 3.63) is 0 Å². The van der Waals surface area contributed by atoms with Gasteiger partial charge in [-0.2, -0.15) is 0 Å². The first-order chi connectivity index (χ1) is 11.5. The molecule has 3 N–H and O–H groups in total. The lowest BCUT2D eigenvalue weighted by molar-refractivity contribution is 0.0376. The second-order valence-electron chi connectivity index (χ2n) is 7.94. The van der Waals surface area contributed by atoms with E-state index in [1.54, 1.807) is 0 Å². The smallest absolute Gasteiger partial charge is 0.188 e. The number of likely N-dealkylation sites (tertiary alicyclic amines) is 1. The van der Waals surface area contributed by atoms with Crippen LogP contribution in [-0.2, 0) is 4.74 Å². The normalized spacial score (nSPS) is 25.0. The molecule has 0 aromatic carbocycles. The average Bonchev–Trinajstić information content (AvgIpc) is 2.58. The van der Waals surface area contributed by atoms with E-state index in [9.17, 15) is 0 Å². The Kier molecular flexibility index (Phi) is 7.78. The van der Waals surface area contributed by atoms with Gasteiger partial charge in [-0.1, -0.05) is 6.92 Å². The first-order valence-electron chi connectivity index (χ1n) is 9.56. The standard InChI is InChI=1S/C18H37N5O/c1-16-6-4-9-23(14-16)18(2,3)15-21-17(19)20-7-5-8-22-10-12-24-13-11-22/h16H,4-15H2,1-3H3,(H3,19,20,21). The summed E-state index contributed by atoms with van der Waals surface area (Å²) in [6.45, 7) is 15.8. The SMILES string of the molecule is CC1CCCN(C(C)(C)CN=C(N)NCCCN2CCOCC2)C1. The molecule has 2 fully saturated rings. The molecule has 0 bridgehead atoms. The molecule has 0 aliphatic carbocycles. The zero-order valence-corrected chi connectivity index (χ0v) is 15.9. The van der Waals surface area contributed by atoms with Gasteiger partial charge in [0.2, 0.25) is 0 Å². The predicted molar refractivity (Wildman–Crippen MR) is 100 cm³/mol. The highest BCUT2D eigenvalue weighted by Crippen LogP contribution is 2.23. The fraction of sp³-hybridized carbons (Fsp3) is 0.944. The third-order valence-corrected chi connectivity index (χ3v) is 5.21. The van der Waals surface area contributed by atoms with Gasteiger partial charge in [0.1, 0.15) is 0 Å². The maximum atomic E-state index is 6.04. The van der Waals surface area contributed by atoms with Crippen molar-refractivity contribution in [3.63, 3.8) is 0 Å². The molecule has 0 aromatic rings. The van der Waals surface area contributed by atoms with Crippen molar-refractivity contribution in [2.24, 2.45) is 16.6 Å². The van der Waals surface area contributed by atoms with Gasteiger partial charge in [-0.05, 0) is 52.1 Å². The Labute approximate surface area is 147 Å². The largest absolute Gasteiger partial charge is 0.379 e. The highest BCUT2D eigenvalue weighted by atomic mass is 16.5. The molecular weight excluding hydrogens is 302 g/mol. The third kappa shape index (κ3) is 6.57. The van der Waals surface area contributed by atoms with Crippen molar-refractivity contribution in [1.82, 2.24) is 15.1 Å². The molecule has 2 aliphatic rings. The van der Waals surface area contributed by atoms with Gasteiger partial charge in [0.25, 0.3) is 0 Å². The number of nitrogens with zero attached hydrogens (tertiary/aromatic N) is 3. The van der Waals surface area contributed by atoms with E-state index in [0.29, 0.717) is 5.96 Å². The molecule has 0 amide bonds. The number of aliphatic imine (C=N–C) groups is 1. The van der Waals surface area contributed by atoms with Crippen molar-refractivity contribution in [2.45, 2.75) is 45.6 Å². The molecule has 6 nitrogen and oxygen atoms in total. The maximum absolute atomic E-state index is 6.04. The number of guanidine groups is 1. The zero-order chi connectivity index (χ0) is 17.4. The molecule has 6 heteroatoms. The highest BCUT2D eigenvalue weighted by Gasteiger charge is 2.29. The number of morpholine rings is 1. The fourth-order valence-corrected chi connectivity index (χ4v) is 3.52. The fourth-order valence-electron chi connectivity index (χ4n) is 3.52. The second kappa shape index (κ2) is 9.59. The van der Waals surface area contributed by atoms with Gasteiger partial charge >= 0.3 is 0 Å². The first kappa shape index (κ1) is 19.5. The van der Waals surface area contributed by atoms with Crippen molar-refractivity contribution in [1.29, 1.82) is 0 Å². The van der Waals surface area contributed by atoms with Crippen molar-refractivity contribution in [2.75, 3.05) is 59.0 Å². The summed E-state index contributed by atoms with van der Waals surface area (Å²) >= 11 is 0. The van der Waals surface area contributed by atoms with Crippen molar-refractivity contribution >= 4 is 5.96 Å². The lowest BCUT2D eigenvalue weighted by Crippen LogP contribution is -2.51. The zero-order valence-electron chi connectivity index (χ0n) is 15.9. The van der Waals surface area contributed by atoms with Gasteiger partial charge in [0, 0.05) is 31.7 Å². The quantitative estimate of drug-likeness (QED) is 0.413. The van der Waals surface area contributed by atoms with Gasteiger partial charge in [-0.15, -0.1) is 0 Å². The van der Waals surface area contributed by atoms with E-state index in [2.05, 4.69) is 40.9 Å². The minimum atomic E-state index is 0.0782. The van der Waals surface area contributed by atoms with E-state index < -0.39 is 0 Å². The van der Waals surface area contributed by atoms with E-state index in [1.807, 2.05) is 0 Å². The van der Waals surface area contributed by atoms with Crippen LogP contribution in [0.15, 0.2) is 4.99 Å². The minimum Gasteiger partial charge on any atom is -0.379 e. The van der Waals surface area contributed by atoms with Crippen LogP contribution in [0.5, 0.6) is 0 Å². The molecule has 0 aromatic heterocycles. The van der Waals surface area contributed by atoms with Gasteiger partial charge in [0.05, 0.1) is 19.8 Å². The average molecular weight is 340 g/mol. The molecule has 2 aliphatic heterocycles. The predicted octanol–water partition coefficient (Wildman–Crippen LogP) is 1.12. The monoisotopic (exact) mass is 339 g/mol. The number of piperidine rings is 1. The lowest BCUT2D eigenvalue weighted by Gasteiger charge is -2.42. The summed E-state index contributed by atoms with van der Waals surface area (Å²) in [4.78, 5) is 9.60. The van der Waals surface area contributed by atoms with Crippen LogP contribution >= 0.6 is 0 Å². The minimum absolute atomic E-state index is 0.0782. The molecule has 2 rings (SSSR count). The van der Waals surface area contributed by atoms with Crippen molar-refractivity contribution < 1.29 is 4.74 Å². The van der Waals surface area contributed by atoms with E-state index in [4.69, 9.17) is 10.5 Å².